The van der Waals surface area contributed by atoms with Crippen LogP contribution in [0.5, 0.6) is 0 Å². The van der Waals surface area contributed by atoms with Crippen LogP contribution in [0.3, 0.4) is 0 Å². The quantitative estimate of drug-likeness (QED) is 0.915. The third-order valence-electron chi connectivity index (χ3n) is 3.65. The molecule has 2 rings (SSSR count). The lowest BCUT2D eigenvalue weighted by Crippen LogP contribution is -2.36. The lowest BCUT2D eigenvalue weighted by atomic mass is 9.88. The van der Waals surface area contributed by atoms with Crippen molar-refractivity contribution in [3.63, 3.8) is 0 Å². The molecule has 19 heavy (non-hydrogen) atoms. The smallest absolute Gasteiger partial charge is 0.0624 e. The average Bonchev–Trinajstić information content (AvgIpc) is 2.70. The Morgan fingerprint density at radius 3 is 2.42 bits per heavy atom. The minimum Gasteiger partial charge on any atom is -0.321 e. The summed E-state index contributed by atoms with van der Waals surface area (Å²) in [6.45, 7) is 6.29. The molecule has 1 aromatic carbocycles. The maximum absolute atomic E-state index is 6.50. The maximum Gasteiger partial charge on any atom is 0.0624 e. The number of rotatable bonds is 4. The zero-order valence-corrected chi connectivity index (χ0v) is 12.3. The van der Waals surface area contributed by atoms with Gasteiger partial charge < -0.3 is 5.73 Å². The number of hydrogen-bond donors (Lipinski definition) is 1. The number of hydrogen-bond acceptors (Lipinski definition) is 2. The van der Waals surface area contributed by atoms with Crippen LogP contribution in [0.1, 0.15) is 36.4 Å². The molecule has 1 unspecified atom stereocenters. The van der Waals surface area contributed by atoms with Gasteiger partial charge in [-0.3, -0.25) is 4.68 Å². The van der Waals surface area contributed by atoms with Crippen LogP contribution in [-0.4, -0.2) is 9.78 Å². The molecule has 1 heterocycles. The van der Waals surface area contributed by atoms with Crippen molar-refractivity contribution in [2.45, 2.75) is 39.2 Å². The number of aromatic nitrogens is 2. The SMILES string of the molecule is CCc1cc(CC(C)(N)c2ccc(C)cc2)n(C)n1. The van der Waals surface area contributed by atoms with Gasteiger partial charge in [-0.1, -0.05) is 36.8 Å². The largest absolute Gasteiger partial charge is 0.321 e. The molecule has 0 aliphatic rings. The molecule has 0 saturated heterocycles. The second-order valence-electron chi connectivity index (χ2n) is 5.56. The first-order chi connectivity index (χ1) is 8.92. The van der Waals surface area contributed by atoms with Gasteiger partial charge in [-0.2, -0.15) is 5.10 Å². The van der Waals surface area contributed by atoms with Gasteiger partial charge in [0, 0.05) is 24.7 Å². The summed E-state index contributed by atoms with van der Waals surface area (Å²) in [6, 6.07) is 10.6. The third kappa shape index (κ3) is 3.04. The van der Waals surface area contributed by atoms with Crippen molar-refractivity contribution in [2.75, 3.05) is 0 Å². The zero-order valence-electron chi connectivity index (χ0n) is 12.3. The van der Waals surface area contributed by atoms with E-state index in [2.05, 4.69) is 56.2 Å². The molecule has 1 aromatic heterocycles. The number of aryl methyl sites for hydroxylation is 3. The minimum absolute atomic E-state index is 0.369. The highest BCUT2D eigenvalue weighted by atomic mass is 15.3. The summed E-state index contributed by atoms with van der Waals surface area (Å²) in [5, 5.41) is 4.48. The van der Waals surface area contributed by atoms with E-state index >= 15 is 0 Å². The Morgan fingerprint density at radius 2 is 1.89 bits per heavy atom. The molecule has 2 N–H and O–H groups in total. The maximum atomic E-state index is 6.50. The van der Waals surface area contributed by atoms with Crippen LogP contribution in [-0.2, 0) is 25.4 Å². The summed E-state index contributed by atoms with van der Waals surface area (Å²) in [6.07, 6.45) is 1.75. The van der Waals surface area contributed by atoms with E-state index in [4.69, 9.17) is 5.73 Å². The molecule has 2 aromatic rings. The average molecular weight is 257 g/mol. The van der Waals surface area contributed by atoms with E-state index in [-0.39, 0.29) is 5.54 Å². The molecule has 0 fully saturated rings. The lowest BCUT2D eigenvalue weighted by molar-refractivity contribution is 0.472. The normalized spacial score (nSPS) is 14.4. The zero-order chi connectivity index (χ0) is 14.0. The van der Waals surface area contributed by atoms with Gasteiger partial charge in [0.05, 0.1) is 5.69 Å². The lowest BCUT2D eigenvalue weighted by Gasteiger charge is -2.25. The van der Waals surface area contributed by atoms with Gasteiger partial charge in [0.25, 0.3) is 0 Å². The fourth-order valence-corrected chi connectivity index (χ4v) is 2.32. The summed E-state index contributed by atoms with van der Waals surface area (Å²) in [4.78, 5) is 0. The Hall–Kier alpha value is -1.61. The number of benzene rings is 1. The summed E-state index contributed by atoms with van der Waals surface area (Å²) >= 11 is 0. The number of nitrogens with zero attached hydrogens (tertiary/aromatic N) is 2. The van der Waals surface area contributed by atoms with Crippen LogP contribution in [0.2, 0.25) is 0 Å². The van der Waals surface area contributed by atoms with Crippen molar-refractivity contribution in [3.05, 3.63) is 52.8 Å². The van der Waals surface area contributed by atoms with E-state index in [1.165, 1.54) is 11.3 Å². The van der Waals surface area contributed by atoms with E-state index in [1.807, 2.05) is 11.7 Å². The molecule has 3 heteroatoms. The Balaban J connectivity index is 2.24. The summed E-state index contributed by atoms with van der Waals surface area (Å²) in [5.74, 6) is 0. The Bertz CT molecular complexity index is 550. The predicted octanol–water partition coefficient (Wildman–Crippen LogP) is 2.71. The van der Waals surface area contributed by atoms with Crippen LogP contribution in [0.15, 0.2) is 30.3 Å². The van der Waals surface area contributed by atoms with Crippen molar-refractivity contribution in [1.82, 2.24) is 9.78 Å². The summed E-state index contributed by atoms with van der Waals surface area (Å²) < 4.78 is 1.94. The van der Waals surface area contributed by atoms with Gasteiger partial charge in [0.15, 0.2) is 0 Å². The molecule has 0 spiro atoms. The molecule has 0 radical (unpaired) electrons. The second kappa shape index (κ2) is 5.17. The monoisotopic (exact) mass is 257 g/mol. The van der Waals surface area contributed by atoms with Gasteiger partial charge in [-0.15, -0.1) is 0 Å². The number of nitrogens with two attached hydrogens (primary N) is 1. The summed E-state index contributed by atoms with van der Waals surface area (Å²) in [7, 11) is 1.99. The Morgan fingerprint density at radius 1 is 1.26 bits per heavy atom. The molecule has 0 bridgehead atoms. The van der Waals surface area contributed by atoms with E-state index in [1.54, 1.807) is 0 Å². The molecule has 0 aliphatic heterocycles. The standard InChI is InChI=1S/C16H23N3/c1-5-14-10-15(19(4)18-14)11-16(3,17)13-8-6-12(2)7-9-13/h6-10H,5,11,17H2,1-4H3. The highest BCUT2D eigenvalue weighted by Crippen LogP contribution is 2.23. The van der Waals surface area contributed by atoms with Crippen LogP contribution in [0.25, 0.3) is 0 Å². The Kier molecular flexibility index (Phi) is 3.76. The van der Waals surface area contributed by atoms with Gasteiger partial charge in [-0.05, 0) is 31.9 Å². The highest BCUT2D eigenvalue weighted by Gasteiger charge is 2.23. The highest BCUT2D eigenvalue weighted by molar-refractivity contribution is 5.29. The molecule has 1 atom stereocenters. The second-order valence-corrected chi connectivity index (χ2v) is 5.56. The molecule has 0 amide bonds. The topological polar surface area (TPSA) is 43.8 Å². The molecule has 0 saturated carbocycles. The molecule has 102 valence electrons. The van der Waals surface area contributed by atoms with Crippen molar-refractivity contribution in [1.29, 1.82) is 0 Å². The Labute approximate surface area is 115 Å². The van der Waals surface area contributed by atoms with Crippen LogP contribution in [0.4, 0.5) is 0 Å². The summed E-state index contributed by atoms with van der Waals surface area (Å²) in [5.41, 5.74) is 10.9. The first-order valence-corrected chi connectivity index (χ1v) is 6.80. The van der Waals surface area contributed by atoms with E-state index < -0.39 is 0 Å². The first kappa shape index (κ1) is 13.8. The molecular formula is C16H23N3. The van der Waals surface area contributed by atoms with Crippen molar-refractivity contribution in [3.8, 4) is 0 Å². The fourth-order valence-electron chi connectivity index (χ4n) is 2.32. The van der Waals surface area contributed by atoms with E-state index in [0.29, 0.717) is 0 Å². The van der Waals surface area contributed by atoms with Crippen molar-refractivity contribution >= 4 is 0 Å². The van der Waals surface area contributed by atoms with E-state index in [9.17, 15) is 0 Å². The first-order valence-electron chi connectivity index (χ1n) is 6.80. The van der Waals surface area contributed by atoms with Gasteiger partial charge in [0.2, 0.25) is 0 Å². The third-order valence-corrected chi connectivity index (χ3v) is 3.65. The fraction of sp³-hybridized carbons (Fsp3) is 0.438. The van der Waals surface area contributed by atoms with Gasteiger partial charge in [0.1, 0.15) is 0 Å². The molecule has 0 aliphatic carbocycles. The molecular weight excluding hydrogens is 234 g/mol. The predicted molar refractivity (Wildman–Crippen MR) is 79.0 cm³/mol. The van der Waals surface area contributed by atoms with Crippen molar-refractivity contribution in [2.24, 2.45) is 12.8 Å². The van der Waals surface area contributed by atoms with Gasteiger partial charge >= 0.3 is 0 Å². The van der Waals surface area contributed by atoms with E-state index in [0.717, 1.165) is 24.1 Å². The van der Waals surface area contributed by atoms with Crippen LogP contribution < -0.4 is 5.73 Å². The van der Waals surface area contributed by atoms with Gasteiger partial charge in [-0.25, -0.2) is 0 Å². The van der Waals surface area contributed by atoms with Crippen molar-refractivity contribution < 1.29 is 0 Å². The van der Waals surface area contributed by atoms with Crippen LogP contribution in [0, 0.1) is 6.92 Å². The minimum atomic E-state index is -0.369. The van der Waals surface area contributed by atoms with Crippen LogP contribution >= 0.6 is 0 Å². The molecule has 3 nitrogen and oxygen atoms in total.